The van der Waals surface area contributed by atoms with Crippen molar-refractivity contribution in [1.29, 1.82) is 0 Å². The molecule has 1 aromatic carbocycles. The van der Waals surface area contributed by atoms with Gasteiger partial charge in [0, 0.05) is 10.9 Å². The zero-order valence-corrected chi connectivity index (χ0v) is 11.2. The second-order valence-corrected chi connectivity index (χ2v) is 5.23. The number of aldehydes is 1. The molecule has 6 heteroatoms. The molecule has 1 aliphatic rings. The highest BCUT2D eigenvalue weighted by Crippen LogP contribution is 2.36. The second-order valence-electron chi connectivity index (χ2n) is 4.40. The Balaban J connectivity index is 1.90. The van der Waals surface area contributed by atoms with E-state index in [0.717, 1.165) is 34.0 Å². The molecule has 3 heterocycles. The van der Waals surface area contributed by atoms with Gasteiger partial charge in [0.2, 0.25) is 0 Å². The van der Waals surface area contributed by atoms with Crippen LogP contribution in [0.5, 0.6) is 11.5 Å². The van der Waals surface area contributed by atoms with Crippen LogP contribution in [0.25, 0.3) is 16.2 Å². The predicted octanol–water partition coefficient (Wildman–Crippen LogP) is 2.65. The van der Waals surface area contributed by atoms with Gasteiger partial charge in [0.25, 0.3) is 0 Å². The molecule has 0 N–H and O–H groups in total. The Morgan fingerprint density at radius 2 is 2.10 bits per heavy atom. The third-order valence-corrected chi connectivity index (χ3v) is 4.07. The monoisotopic (exact) mass is 286 g/mol. The van der Waals surface area contributed by atoms with E-state index in [0.29, 0.717) is 18.9 Å². The Morgan fingerprint density at radius 1 is 1.25 bits per heavy atom. The highest BCUT2D eigenvalue weighted by Gasteiger charge is 2.16. The number of nitrogens with zero attached hydrogens (tertiary/aromatic N) is 2. The molecule has 0 bridgehead atoms. The molecule has 20 heavy (non-hydrogen) atoms. The average molecular weight is 286 g/mol. The highest BCUT2D eigenvalue weighted by molar-refractivity contribution is 7.15. The van der Waals surface area contributed by atoms with Crippen molar-refractivity contribution in [1.82, 2.24) is 9.38 Å². The van der Waals surface area contributed by atoms with Crippen molar-refractivity contribution in [2.75, 3.05) is 13.2 Å². The first-order chi connectivity index (χ1) is 9.86. The lowest BCUT2D eigenvalue weighted by Crippen LogP contribution is -2.15. The molecule has 0 amide bonds. The molecular weight excluding hydrogens is 276 g/mol. The van der Waals surface area contributed by atoms with Crippen LogP contribution in [0.15, 0.2) is 29.8 Å². The average Bonchev–Trinajstić information content (AvgIpc) is 3.08. The number of thiazole rings is 1. The van der Waals surface area contributed by atoms with Gasteiger partial charge in [0.1, 0.15) is 18.9 Å². The minimum atomic E-state index is 0.547. The summed E-state index contributed by atoms with van der Waals surface area (Å²) in [5.41, 5.74) is 2.45. The quantitative estimate of drug-likeness (QED) is 0.680. The molecule has 3 aromatic rings. The molecule has 0 unspecified atom stereocenters. The number of fused-ring (bicyclic) bond motifs is 2. The van der Waals surface area contributed by atoms with E-state index in [9.17, 15) is 4.79 Å². The van der Waals surface area contributed by atoms with Gasteiger partial charge in [-0.3, -0.25) is 9.20 Å². The van der Waals surface area contributed by atoms with Gasteiger partial charge in [-0.1, -0.05) is 0 Å². The first-order valence-electron chi connectivity index (χ1n) is 6.17. The number of aromatic nitrogens is 2. The van der Waals surface area contributed by atoms with Gasteiger partial charge < -0.3 is 9.47 Å². The van der Waals surface area contributed by atoms with Gasteiger partial charge in [0.05, 0.1) is 11.9 Å². The van der Waals surface area contributed by atoms with Crippen molar-refractivity contribution in [2.45, 2.75) is 0 Å². The maximum Gasteiger partial charge on any atom is 0.194 e. The molecule has 0 fully saturated rings. The first kappa shape index (κ1) is 11.5. The van der Waals surface area contributed by atoms with Crippen LogP contribution in [-0.4, -0.2) is 28.9 Å². The number of carbonyl (C=O) groups excluding carboxylic acids is 1. The summed E-state index contributed by atoms with van der Waals surface area (Å²) in [4.78, 5) is 16.1. The minimum Gasteiger partial charge on any atom is -0.486 e. The number of carbonyl (C=O) groups is 1. The van der Waals surface area contributed by atoms with Crippen molar-refractivity contribution in [2.24, 2.45) is 0 Å². The maximum absolute atomic E-state index is 11.1. The van der Waals surface area contributed by atoms with Crippen LogP contribution in [0, 0.1) is 0 Å². The molecule has 0 saturated heterocycles. The van der Waals surface area contributed by atoms with Gasteiger partial charge in [0.15, 0.2) is 22.7 Å². The van der Waals surface area contributed by atoms with Gasteiger partial charge in [-0.15, -0.1) is 11.3 Å². The van der Waals surface area contributed by atoms with Gasteiger partial charge in [-0.2, -0.15) is 0 Å². The SMILES string of the molecule is O=Cc1cnc2scc(-c3ccc4c(c3)OCCO4)n12. The fourth-order valence-corrected chi connectivity index (χ4v) is 3.20. The third kappa shape index (κ3) is 1.61. The predicted molar refractivity (Wildman–Crippen MR) is 74.9 cm³/mol. The molecule has 0 radical (unpaired) electrons. The van der Waals surface area contributed by atoms with Crippen LogP contribution < -0.4 is 9.47 Å². The molecule has 0 aliphatic carbocycles. The first-order valence-corrected chi connectivity index (χ1v) is 7.05. The van der Waals surface area contributed by atoms with Crippen LogP contribution in [0.1, 0.15) is 10.5 Å². The Bertz CT molecular complexity index is 806. The van der Waals surface area contributed by atoms with E-state index < -0.39 is 0 Å². The maximum atomic E-state index is 11.1. The van der Waals surface area contributed by atoms with E-state index in [2.05, 4.69) is 4.98 Å². The fourth-order valence-electron chi connectivity index (χ4n) is 2.32. The lowest BCUT2D eigenvalue weighted by atomic mass is 10.1. The molecule has 0 atom stereocenters. The normalized spacial score (nSPS) is 13.6. The smallest absolute Gasteiger partial charge is 0.194 e. The lowest BCUT2D eigenvalue weighted by Gasteiger charge is -2.18. The number of hydrogen-bond acceptors (Lipinski definition) is 5. The molecule has 4 rings (SSSR count). The molecule has 0 saturated carbocycles. The van der Waals surface area contributed by atoms with Crippen molar-refractivity contribution < 1.29 is 14.3 Å². The van der Waals surface area contributed by atoms with E-state index in [1.165, 1.54) is 11.3 Å². The zero-order valence-electron chi connectivity index (χ0n) is 10.4. The summed E-state index contributed by atoms with van der Waals surface area (Å²) in [6.45, 7) is 1.13. The van der Waals surface area contributed by atoms with E-state index in [1.54, 1.807) is 6.20 Å². The molecule has 2 aromatic heterocycles. The standard InChI is InChI=1S/C14H10N2O3S/c17-7-10-6-15-14-16(10)11(8-20-14)9-1-2-12-13(5-9)19-4-3-18-12/h1-2,5-8H,3-4H2. The largest absolute Gasteiger partial charge is 0.486 e. The summed E-state index contributed by atoms with van der Waals surface area (Å²) in [7, 11) is 0. The van der Waals surface area contributed by atoms with Gasteiger partial charge in [-0.25, -0.2) is 4.98 Å². The lowest BCUT2D eigenvalue weighted by molar-refractivity contribution is 0.111. The van der Waals surface area contributed by atoms with Crippen LogP contribution in [0.3, 0.4) is 0 Å². The Labute approximate surface area is 118 Å². The van der Waals surface area contributed by atoms with Crippen molar-refractivity contribution in [3.05, 3.63) is 35.5 Å². The van der Waals surface area contributed by atoms with Crippen molar-refractivity contribution in [3.63, 3.8) is 0 Å². The summed E-state index contributed by atoms with van der Waals surface area (Å²) in [6, 6.07) is 5.79. The molecular formula is C14H10N2O3S. The Morgan fingerprint density at radius 3 is 2.95 bits per heavy atom. The van der Waals surface area contributed by atoms with Crippen molar-refractivity contribution >= 4 is 22.6 Å². The second kappa shape index (κ2) is 4.35. The summed E-state index contributed by atoms with van der Waals surface area (Å²) < 4.78 is 13.0. The zero-order chi connectivity index (χ0) is 13.5. The summed E-state index contributed by atoms with van der Waals surface area (Å²) in [5.74, 6) is 1.49. The Kier molecular flexibility index (Phi) is 2.50. The number of benzene rings is 1. The van der Waals surface area contributed by atoms with Crippen LogP contribution >= 0.6 is 11.3 Å². The summed E-state index contributed by atoms with van der Waals surface area (Å²) in [5, 5.41) is 1.99. The molecule has 1 aliphatic heterocycles. The van der Waals surface area contributed by atoms with Gasteiger partial charge in [-0.05, 0) is 18.2 Å². The number of imidazole rings is 1. The van der Waals surface area contributed by atoms with Crippen LogP contribution in [0.2, 0.25) is 0 Å². The highest BCUT2D eigenvalue weighted by atomic mass is 32.1. The number of rotatable bonds is 2. The Hall–Kier alpha value is -2.34. The van der Waals surface area contributed by atoms with Crippen molar-refractivity contribution in [3.8, 4) is 22.8 Å². The number of hydrogen-bond donors (Lipinski definition) is 0. The minimum absolute atomic E-state index is 0.547. The summed E-state index contributed by atoms with van der Waals surface area (Å²) >= 11 is 1.50. The van der Waals surface area contributed by atoms with Crippen LogP contribution in [-0.2, 0) is 0 Å². The van der Waals surface area contributed by atoms with E-state index in [-0.39, 0.29) is 0 Å². The fraction of sp³-hybridized carbons (Fsp3) is 0.143. The van der Waals surface area contributed by atoms with E-state index in [1.807, 2.05) is 28.0 Å². The molecule has 0 spiro atoms. The number of ether oxygens (including phenoxy) is 2. The summed E-state index contributed by atoms with van der Waals surface area (Å²) in [6.07, 6.45) is 2.40. The molecule has 5 nitrogen and oxygen atoms in total. The van der Waals surface area contributed by atoms with E-state index in [4.69, 9.17) is 9.47 Å². The van der Waals surface area contributed by atoms with Crippen LogP contribution in [0.4, 0.5) is 0 Å². The third-order valence-electron chi connectivity index (χ3n) is 3.23. The molecule has 100 valence electrons. The van der Waals surface area contributed by atoms with E-state index >= 15 is 0 Å². The van der Waals surface area contributed by atoms with Gasteiger partial charge >= 0.3 is 0 Å². The topological polar surface area (TPSA) is 52.8 Å².